The Hall–Kier alpha value is -1.08. The van der Waals surface area contributed by atoms with E-state index >= 15 is 0 Å². The average Bonchev–Trinajstić information content (AvgIpc) is 2.34. The number of carbonyl (C=O) groups excluding carboxylic acids is 1. The molecule has 0 unspecified atom stereocenters. The van der Waals surface area contributed by atoms with Crippen LogP contribution in [0.3, 0.4) is 0 Å². The Kier molecular flexibility index (Phi) is 6.30. The molecule has 1 N–H and O–H groups in total. The molecule has 0 aromatic heterocycles. The molecule has 0 saturated heterocycles. The number of alkyl halides is 4. The van der Waals surface area contributed by atoms with E-state index in [0.29, 0.717) is 11.0 Å². The number of ether oxygens (including phenoxy) is 1. The molecule has 0 radical (unpaired) electrons. The van der Waals surface area contributed by atoms with E-state index in [1.807, 2.05) is 12.1 Å². The molecule has 1 rings (SSSR count). The van der Waals surface area contributed by atoms with Crippen LogP contribution in [0.4, 0.5) is 18.9 Å². The lowest BCUT2D eigenvalue weighted by Crippen LogP contribution is -2.20. The molecule has 1 amide bonds. The normalized spacial score (nSPS) is 11.4. The minimum absolute atomic E-state index is 0.118. The number of hydrogen-bond acceptors (Lipinski definition) is 2. The highest BCUT2D eigenvalue weighted by Gasteiger charge is 2.27. The quantitative estimate of drug-likeness (QED) is 0.636. The maximum Gasteiger partial charge on any atom is 0.411 e. The van der Waals surface area contributed by atoms with Crippen molar-refractivity contribution in [2.75, 3.05) is 18.5 Å². The van der Waals surface area contributed by atoms with E-state index in [2.05, 4.69) is 26.0 Å². The van der Waals surface area contributed by atoms with Gasteiger partial charge in [0.15, 0.2) is 0 Å². The summed E-state index contributed by atoms with van der Waals surface area (Å²) in [6, 6.07) is 7.16. The Morgan fingerprint density at radius 3 is 2.63 bits per heavy atom. The van der Waals surface area contributed by atoms with Crippen LogP contribution in [0.25, 0.3) is 0 Å². The Morgan fingerprint density at radius 2 is 2.00 bits per heavy atom. The molecular formula is C12H13BrF3NO2. The first-order valence-corrected chi connectivity index (χ1v) is 6.63. The van der Waals surface area contributed by atoms with E-state index in [4.69, 9.17) is 0 Å². The highest BCUT2D eigenvalue weighted by atomic mass is 79.9. The second-order valence-electron chi connectivity index (χ2n) is 3.76. The van der Waals surface area contributed by atoms with Crippen LogP contribution in [0, 0.1) is 0 Å². The van der Waals surface area contributed by atoms with Crippen molar-refractivity contribution in [3.63, 3.8) is 0 Å². The molecule has 0 fully saturated rings. The van der Waals surface area contributed by atoms with Crippen LogP contribution in [0.5, 0.6) is 0 Å². The van der Waals surface area contributed by atoms with Gasteiger partial charge in [0.05, 0.1) is 13.0 Å². The maximum atomic E-state index is 11.8. The summed E-state index contributed by atoms with van der Waals surface area (Å²) < 4.78 is 39.8. The molecule has 19 heavy (non-hydrogen) atoms. The van der Waals surface area contributed by atoms with Gasteiger partial charge in [-0.15, -0.1) is 0 Å². The average molecular weight is 340 g/mol. The number of benzene rings is 1. The van der Waals surface area contributed by atoms with Gasteiger partial charge in [-0.2, -0.15) is 13.2 Å². The second kappa shape index (κ2) is 7.49. The molecule has 0 saturated carbocycles. The van der Waals surface area contributed by atoms with Crippen molar-refractivity contribution >= 4 is 27.5 Å². The summed E-state index contributed by atoms with van der Waals surface area (Å²) in [5.41, 5.74) is 1.53. The zero-order valence-electron chi connectivity index (χ0n) is 9.97. The van der Waals surface area contributed by atoms with Crippen molar-refractivity contribution in [2.45, 2.75) is 17.9 Å². The van der Waals surface area contributed by atoms with Crippen LogP contribution in [-0.4, -0.2) is 25.3 Å². The van der Waals surface area contributed by atoms with Crippen LogP contribution in [0.15, 0.2) is 24.3 Å². The molecule has 0 atom stereocenters. The fourth-order valence-corrected chi connectivity index (χ4v) is 1.81. The number of nitrogens with one attached hydrogen (secondary N) is 1. The molecule has 106 valence electrons. The number of halogens is 4. The first-order chi connectivity index (χ1) is 8.92. The summed E-state index contributed by atoms with van der Waals surface area (Å²) >= 11 is 3.28. The van der Waals surface area contributed by atoms with Gasteiger partial charge in [-0.3, -0.25) is 4.79 Å². The number of anilines is 1. The SMILES string of the molecule is O=C(CCOCC(F)(F)F)Nc1ccccc1CBr. The molecule has 0 aliphatic heterocycles. The first kappa shape index (κ1) is 16.0. The van der Waals surface area contributed by atoms with Gasteiger partial charge >= 0.3 is 6.18 Å². The van der Waals surface area contributed by atoms with E-state index in [9.17, 15) is 18.0 Å². The minimum Gasteiger partial charge on any atom is -0.372 e. The highest BCUT2D eigenvalue weighted by Crippen LogP contribution is 2.18. The smallest absolute Gasteiger partial charge is 0.372 e. The third kappa shape index (κ3) is 6.58. The maximum absolute atomic E-state index is 11.8. The van der Waals surface area contributed by atoms with Crippen LogP contribution in [-0.2, 0) is 14.9 Å². The van der Waals surface area contributed by atoms with Gasteiger partial charge in [0.1, 0.15) is 6.61 Å². The predicted octanol–water partition coefficient (Wildman–Crippen LogP) is 3.49. The molecular weight excluding hydrogens is 327 g/mol. The summed E-state index contributed by atoms with van der Waals surface area (Å²) in [5, 5.41) is 3.21. The summed E-state index contributed by atoms with van der Waals surface area (Å²) in [6.45, 7) is -1.60. The van der Waals surface area contributed by atoms with Crippen molar-refractivity contribution in [1.29, 1.82) is 0 Å². The molecule has 0 aliphatic rings. The lowest BCUT2D eigenvalue weighted by molar-refractivity contribution is -0.174. The lowest BCUT2D eigenvalue weighted by Gasteiger charge is -2.10. The molecule has 0 spiro atoms. The molecule has 0 aliphatic carbocycles. The van der Waals surface area contributed by atoms with Gasteiger partial charge in [0.2, 0.25) is 5.91 Å². The zero-order chi connectivity index (χ0) is 14.3. The summed E-state index contributed by atoms with van der Waals surface area (Å²) in [6.07, 6.45) is -4.48. The number of carbonyl (C=O) groups is 1. The van der Waals surface area contributed by atoms with E-state index in [-0.39, 0.29) is 18.9 Å². The van der Waals surface area contributed by atoms with E-state index in [1.165, 1.54) is 0 Å². The summed E-state index contributed by atoms with van der Waals surface area (Å²) in [7, 11) is 0. The van der Waals surface area contributed by atoms with Crippen molar-refractivity contribution in [2.24, 2.45) is 0 Å². The Bertz CT molecular complexity index is 424. The van der Waals surface area contributed by atoms with E-state index in [0.717, 1.165) is 5.56 Å². The first-order valence-electron chi connectivity index (χ1n) is 5.50. The van der Waals surface area contributed by atoms with Crippen molar-refractivity contribution in [3.05, 3.63) is 29.8 Å². The molecule has 0 heterocycles. The topological polar surface area (TPSA) is 38.3 Å². The van der Waals surface area contributed by atoms with Gasteiger partial charge in [0.25, 0.3) is 0 Å². The highest BCUT2D eigenvalue weighted by molar-refractivity contribution is 9.08. The van der Waals surface area contributed by atoms with Gasteiger partial charge < -0.3 is 10.1 Å². The Morgan fingerprint density at radius 1 is 1.32 bits per heavy atom. The molecule has 1 aromatic carbocycles. The zero-order valence-corrected chi connectivity index (χ0v) is 11.6. The Balaban J connectivity index is 2.35. The van der Waals surface area contributed by atoms with Crippen LogP contribution < -0.4 is 5.32 Å². The van der Waals surface area contributed by atoms with Crippen molar-refractivity contribution in [1.82, 2.24) is 0 Å². The minimum atomic E-state index is -4.36. The van der Waals surface area contributed by atoms with E-state index in [1.54, 1.807) is 12.1 Å². The number of rotatable bonds is 6. The monoisotopic (exact) mass is 339 g/mol. The molecule has 7 heteroatoms. The number of amides is 1. The van der Waals surface area contributed by atoms with Crippen molar-refractivity contribution < 1.29 is 22.7 Å². The number of hydrogen-bond donors (Lipinski definition) is 1. The van der Waals surface area contributed by atoms with Gasteiger partial charge in [-0.25, -0.2) is 0 Å². The predicted molar refractivity (Wildman–Crippen MR) is 69.2 cm³/mol. The van der Waals surface area contributed by atoms with Crippen LogP contribution >= 0.6 is 15.9 Å². The summed E-state index contributed by atoms with van der Waals surface area (Å²) in [4.78, 5) is 11.5. The van der Waals surface area contributed by atoms with Crippen molar-refractivity contribution in [3.8, 4) is 0 Å². The fraction of sp³-hybridized carbons (Fsp3) is 0.417. The summed E-state index contributed by atoms with van der Waals surface area (Å²) in [5.74, 6) is -0.379. The lowest BCUT2D eigenvalue weighted by atomic mass is 10.2. The number of para-hydroxylation sites is 1. The van der Waals surface area contributed by atoms with Crippen LogP contribution in [0.1, 0.15) is 12.0 Å². The van der Waals surface area contributed by atoms with E-state index < -0.39 is 12.8 Å². The largest absolute Gasteiger partial charge is 0.411 e. The Labute approximate surface area is 117 Å². The third-order valence-electron chi connectivity index (χ3n) is 2.17. The fourth-order valence-electron chi connectivity index (χ4n) is 1.32. The standard InChI is InChI=1S/C12H13BrF3NO2/c13-7-9-3-1-2-4-10(9)17-11(18)5-6-19-8-12(14,15)16/h1-4H,5-8H2,(H,17,18). The second-order valence-corrected chi connectivity index (χ2v) is 4.32. The molecule has 0 bridgehead atoms. The molecule has 1 aromatic rings. The third-order valence-corrected chi connectivity index (χ3v) is 2.78. The molecule has 3 nitrogen and oxygen atoms in total. The van der Waals surface area contributed by atoms with Crippen LogP contribution in [0.2, 0.25) is 0 Å². The van der Waals surface area contributed by atoms with Gasteiger partial charge in [-0.1, -0.05) is 34.1 Å². The van der Waals surface area contributed by atoms with Gasteiger partial charge in [0, 0.05) is 11.0 Å². The van der Waals surface area contributed by atoms with Gasteiger partial charge in [-0.05, 0) is 11.6 Å².